The minimum Gasteiger partial charge on any atom is -0.512 e. The molecule has 0 bridgehead atoms. The molecule has 1 radical (unpaired) electrons. The van der Waals surface area contributed by atoms with Crippen LogP contribution in [0.25, 0.3) is 55.0 Å². The van der Waals surface area contributed by atoms with E-state index in [2.05, 4.69) is 89.0 Å². The van der Waals surface area contributed by atoms with E-state index in [9.17, 15) is 9.90 Å². The predicted molar refractivity (Wildman–Crippen MR) is 235 cm³/mol. The monoisotopic (exact) mass is 947 g/mol. The predicted octanol–water partition coefficient (Wildman–Crippen LogP) is 14.0. The first-order valence-electron chi connectivity index (χ1n) is 20.9. The van der Waals surface area contributed by atoms with Gasteiger partial charge in [0.2, 0.25) is 5.71 Å². The van der Waals surface area contributed by atoms with Crippen LogP contribution >= 0.6 is 0 Å². The minimum atomic E-state index is -0.337. The third-order valence-corrected chi connectivity index (χ3v) is 12.0. The van der Waals surface area contributed by atoms with Gasteiger partial charge < -0.3 is 9.52 Å². The molecule has 0 aliphatic heterocycles. The third-order valence-electron chi connectivity index (χ3n) is 12.0. The molecule has 7 heteroatoms. The first-order chi connectivity index (χ1) is 26.5. The maximum absolute atomic E-state index is 12.2. The van der Waals surface area contributed by atoms with E-state index in [1.165, 1.54) is 28.0 Å². The number of hydrogen-bond donors (Lipinski definition) is 1. The van der Waals surface area contributed by atoms with Crippen LogP contribution in [0.3, 0.4) is 0 Å². The summed E-state index contributed by atoms with van der Waals surface area (Å²) in [4.78, 5) is 27.2. The number of furan rings is 1. The van der Waals surface area contributed by atoms with Crippen molar-refractivity contribution in [2.24, 2.45) is 22.7 Å². The van der Waals surface area contributed by atoms with Crippen LogP contribution in [0, 0.1) is 35.7 Å². The second kappa shape index (κ2) is 18.8. The Bertz CT molecular complexity index is 2380. The van der Waals surface area contributed by atoms with Crippen molar-refractivity contribution in [1.29, 1.82) is 0 Å². The molecule has 6 aromatic rings. The van der Waals surface area contributed by atoms with Gasteiger partial charge in [-0.2, -0.15) is 0 Å². The first-order valence-corrected chi connectivity index (χ1v) is 20.9. The van der Waals surface area contributed by atoms with Crippen LogP contribution in [0.15, 0.2) is 64.8 Å². The van der Waals surface area contributed by atoms with E-state index in [1.807, 2.05) is 60.6 Å². The third kappa shape index (κ3) is 9.69. The van der Waals surface area contributed by atoms with E-state index in [0.717, 1.165) is 88.6 Å². The number of benzene rings is 3. The topological polar surface area (TPSA) is 89.1 Å². The number of rotatable bonds is 13. The molecule has 0 aliphatic carbocycles. The Labute approximate surface area is 354 Å². The summed E-state index contributed by atoms with van der Waals surface area (Å²) in [5.41, 5.74) is 7.26. The molecule has 3 aromatic carbocycles. The van der Waals surface area contributed by atoms with E-state index >= 15 is 0 Å². The Morgan fingerprint density at radius 2 is 1.44 bits per heavy atom. The summed E-state index contributed by atoms with van der Waals surface area (Å²) in [6.07, 6.45) is 6.83. The molecule has 0 fully saturated rings. The molecule has 0 aliphatic rings. The molecule has 0 saturated carbocycles. The normalized spacial score (nSPS) is 12.6. The molecule has 1 N–H and O–H groups in total. The Hall–Kier alpha value is -3.93. The molecule has 307 valence electrons. The van der Waals surface area contributed by atoms with Crippen LogP contribution in [0.1, 0.15) is 137 Å². The number of ketones is 1. The van der Waals surface area contributed by atoms with E-state index in [1.54, 1.807) is 0 Å². The second-order valence-electron chi connectivity index (χ2n) is 17.5. The van der Waals surface area contributed by atoms with Crippen LogP contribution in [-0.4, -0.2) is 25.8 Å². The number of allylic oxidation sites excluding steroid dienone is 2. The van der Waals surface area contributed by atoms with E-state index in [-0.39, 0.29) is 48.4 Å². The number of carbonyl (C=O) groups is 1. The summed E-state index contributed by atoms with van der Waals surface area (Å²) in [6.45, 7) is 27.5. The number of aromatic nitrogens is 3. The minimum absolute atomic E-state index is 0. The van der Waals surface area contributed by atoms with E-state index in [0.29, 0.717) is 17.5 Å². The molecule has 57 heavy (non-hydrogen) atoms. The fourth-order valence-corrected chi connectivity index (χ4v) is 7.44. The summed E-state index contributed by atoms with van der Waals surface area (Å²) in [5, 5.41) is 15.7. The van der Waals surface area contributed by atoms with Gasteiger partial charge >= 0.3 is 0 Å². The Morgan fingerprint density at radius 1 is 0.807 bits per heavy atom. The fraction of sp³-hybridized carbons (Fsp3) is 0.480. The van der Waals surface area contributed by atoms with Gasteiger partial charge in [-0.3, -0.25) is 9.78 Å². The molecular formula is C50H64IrN3O3-. The Morgan fingerprint density at radius 3 is 2.04 bits per heavy atom. The number of hydrogen-bond acceptors (Lipinski definition) is 6. The largest absolute Gasteiger partial charge is 0.512 e. The Kier molecular flexibility index (Phi) is 15.1. The van der Waals surface area contributed by atoms with Crippen molar-refractivity contribution in [3.63, 3.8) is 0 Å². The summed E-state index contributed by atoms with van der Waals surface area (Å²) < 4.78 is 6.38. The van der Waals surface area contributed by atoms with Gasteiger partial charge in [0.15, 0.2) is 5.78 Å². The maximum Gasteiger partial charge on any atom is 0.216 e. The molecule has 6 nitrogen and oxygen atoms in total. The van der Waals surface area contributed by atoms with Crippen LogP contribution < -0.4 is 0 Å². The smallest absolute Gasteiger partial charge is 0.216 e. The zero-order chi connectivity index (χ0) is 41.1. The number of fused-ring (bicyclic) bond motifs is 6. The number of pyridine rings is 1. The van der Waals surface area contributed by atoms with Gasteiger partial charge in [-0.25, -0.2) is 9.97 Å². The van der Waals surface area contributed by atoms with Gasteiger partial charge in [0.1, 0.15) is 11.6 Å². The number of aryl methyl sites for hydroxylation is 1. The van der Waals surface area contributed by atoms with Crippen molar-refractivity contribution in [3.05, 3.63) is 89.1 Å². The average Bonchev–Trinajstić information content (AvgIpc) is 3.53. The van der Waals surface area contributed by atoms with Crippen molar-refractivity contribution in [2.75, 3.05) is 0 Å². The summed E-state index contributed by atoms with van der Waals surface area (Å²) >= 11 is 0. The number of aliphatic hydroxyl groups excluding tert-OH is 1. The first kappa shape index (κ1) is 45.8. The van der Waals surface area contributed by atoms with Crippen LogP contribution in [0.5, 0.6) is 0 Å². The van der Waals surface area contributed by atoms with Gasteiger partial charge in [0.05, 0.1) is 11.1 Å². The molecule has 6 rings (SSSR count). The SMILES string of the molecule is CCC(C)(CC)C(=O)/C=C(\O)C(C)(CC)CC.Cc1ccc2c(n1)oc1c(-c3nc(C(C)C)nc4c3ccc3cc(CC(C)C)cc(CC(C)C)c34)[c-]ccc12.[Ir]. The maximum atomic E-state index is 12.2. The van der Waals surface area contributed by atoms with E-state index in [4.69, 9.17) is 14.4 Å². The zero-order valence-electron chi connectivity index (χ0n) is 36.6. The van der Waals surface area contributed by atoms with Crippen molar-refractivity contribution >= 4 is 49.5 Å². The van der Waals surface area contributed by atoms with Crippen molar-refractivity contribution in [2.45, 2.75) is 134 Å². The standard InChI is InChI=1S/C35H36N3O.C15H28O2.Ir/c1-19(2)15-23-17-24-12-14-28-31(29-10-8-9-26-27-13-11-22(7)36-35(27)39-33(26)29)37-34(21(5)6)38-32(28)30(24)25(18-23)16-20(3)4;1-7-14(5,8-2)12(16)11-13(17)15(6,9-3)10-4;/h8-9,11-14,17-21H,15-16H2,1-7H3;11,16H,7-10H2,1-6H3;/q-1;;/b;12-11-;. The molecular weight excluding hydrogens is 883 g/mol. The van der Waals surface area contributed by atoms with Crippen molar-refractivity contribution in [1.82, 2.24) is 15.0 Å². The molecule has 0 unspecified atom stereocenters. The Balaban J connectivity index is 0.000000341. The second-order valence-corrected chi connectivity index (χ2v) is 17.5. The van der Waals surface area contributed by atoms with Crippen molar-refractivity contribution < 1.29 is 34.4 Å². The van der Waals surface area contributed by atoms with Gasteiger partial charge in [0.25, 0.3) is 0 Å². The average molecular weight is 947 g/mol. The van der Waals surface area contributed by atoms with Crippen LogP contribution in [0.2, 0.25) is 0 Å². The summed E-state index contributed by atoms with van der Waals surface area (Å²) in [5.74, 6) is 2.44. The number of carbonyl (C=O) groups excluding carboxylic acids is 1. The fourth-order valence-electron chi connectivity index (χ4n) is 7.44. The molecule has 3 aromatic heterocycles. The summed E-state index contributed by atoms with van der Waals surface area (Å²) in [7, 11) is 0. The van der Waals surface area contributed by atoms with E-state index < -0.39 is 0 Å². The van der Waals surface area contributed by atoms with Gasteiger partial charge in [-0.15, -0.1) is 18.2 Å². The molecule has 3 heterocycles. The van der Waals surface area contributed by atoms with Gasteiger partial charge in [-0.05, 0) is 91.3 Å². The quantitative estimate of drug-likeness (QED) is 0.0537. The van der Waals surface area contributed by atoms with Crippen molar-refractivity contribution in [3.8, 4) is 11.3 Å². The van der Waals surface area contributed by atoms with Crippen LogP contribution in [0.4, 0.5) is 0 Å². The van der Waals surface area contributed by atoms with Gasteiger partial charge in [-0.1, -0.05) is 118 Å². The zero-order valence-corrected chi connectivity index (χ0v) is 39.0. The van der Waals surface area contributed by atoms with Crippen LogP contribution in [-0.2, 0) is 37.7 Å². The molecule has 0 saturated heterocycles. The summed E-state index contributed by atoms with van der Waals surface area (Å²) in [6, 6.07) is 20.8. The van der Waals surface area contributed by atoms with Gasteiger partial charge in [0, 0.05) is 65.1 Å². The molecule has 0 amide bonds. The molecule has 0 atom stereocenters. The molecule has 0 spiro atoms. The number of aliphatic hydroxyl groups is 1. The number of nitrogens with zero attached hydrogens (tertiary/aromatic N) is 3.